The van der Waals surface area contributed by atoms with E-state index in [1.807, 2.05) is 19.1 Å². The Kier molecular flexibility index (Phi) is 4.95. The number of nitrogens with two attached hydrogens (primary N) is 1. The van der Waals surface area contributed by atoms with E-state index in [1.165, 1.54) is 0 Å². The summed E-state index contributed by atoms with van der Waals surface area (Å²) in [5.41, 5.74) is 6.77. The number of carbonyl (C=O) groups is 1. The molecule has 0 radical (unpaired) electrons. The van der Waals surface area contributed by atoms with E-state index in [0.29, 0.717) is 12.1 Å². The van der Waals surface area contributed by atoms with Gasteiger partial charge in [-0.1, -0.05) is 18.2 Å². The van der Waals surface area contributed by atoms with Crippen LogP contribution in [0.3, 0.4) is 0 Å². The number of nitrogens with one attached hydrogen (secondary N) is 1. The predicted molar refractivity (Wildman–Crippen MR) is 63.1 cm³/mol. The lowest BCUT2D eigenvalue weighted by Crippen LogP contribution is -2.26. The van der Waals surface area contributed by atoms with Crippen molar-refractivity contribution in [2.45, 2.75) is 19.6 Å². The summed E-state index contributed by atoms with van der Waals surface area (Å²) in [5, 5.41) is 3.21. The molecular weight excluding hydrogens is 204 g/mol. The second kappa shape index (κ2) is 6.25. The maximum Gasteiger partial charge on any atom is 0.249 e. The van der Waals surface area contributed by atoms with Crippen LogP contribution in [0.5, 0.6) is 0 Å². The van der Waals surface area contributed by atoms with E-state index in [4.69, 9.17) is 10.5 Å². The van der Waals surface area contributed by atoms with Crippen LogP contribution in [0.25, 0.3) is 0 Å². The van der Waals surface area contributed by atoms with Crippen molar-refractivity contribution in [3.63, 3.8) is 0 Å². The zero-order valence-corrected chi connectivity index (χ0v) is 9.69. The van der Waals surface area contributed by atoms with E-state index in [9.17, 15) is 4.79 Å². The smallest absolute Gasteiger partial charge is 0.249 e. The Bertz CT molecular complexity index is 353. The Morgan fingerprint density at radius 1 is 1.50 bits per heavy atom. The lowest BCUT2D eigenvalue weighted by molar-refractivity contribution is 0.0999. The van der Waals surface area contributed by atoms with Crippen molar-refractivity contribution in [2.24, 2.45) is 5.73 Å². The zero-order valence-electron chi connectivity index (χ0n) is 9.69. The molecule has 1 rings (SSSR count). The minimum atomic E-state index is -0.391. The summed E-state index contributed by atoms with van der Waals surface area (Å²) in [5.74, 6) is -0.391. The average molecular weight is 222 g/mol. The molecule has 0 spiro atoms. The van der Waals surface area contributed by atoms with Crippen molar-refractivity contribution in [1.29, 1.82) is 0 Å². The van der Waals surface area contributed by atoms with Crippen molar-refractivity contribution in [3.8, 4) is 0 Å². The van der Waals surface area contributed by atoms with Gasteiger partial charge in [-0.05, 0) is 18.6 Å². The van der Waals surface area contributed by atoms with Crippen LogP contribution >= 0.6 is 0 Å². The fourth-order valence-corrected chi connectivity index (χ4v) is 1.41. The number of hydrogen-bond donors (Lipinski definition) is 2. The van der Waals surface area contributed by atoms with Crippen LogP contribution in [-0.2, 0) is 11.3 Å². The molecule has 0 saturated heterocycles. The van der Waals surface area contributed by atoms with E-state index >= 15 is 0 Å². The van der Waals surface area contributed by atoms with E-state index in [0.717, 1.165) is 12.1 Å². The third-order valence-electron chi connectivity index (χ3n) is 2.43. The average Bonchev–Trinajstić information content (AvgIpc) is 2.29. The quantitative estimate of drug-likeness (QED) is 0.752. The van der Waals surface area contributed by atoms with Crippen molar-refractivity contribution < 1.29 is 9.53 Å². The van der Waals surface area contributed by atoms with Crippen LogP contribution in [0.4, 0.5) is 0 Å². The number of primary amides is 1. The SMILES string of the molecule is COC(C)CNCc1ccccc1C(N)=O. The Morgan fingerprint density at radius 3 is 2.81 bits per heavy atom. The first kappa shape index (κ1) is 12.7. The van der Waals surface area contributed by atoms with Gasteiger partial charge in [-0.2, -0.15) is 0 Å². The number of carbonyl (C=O) groups excluding carboxylic acids is 1. The summed E-state index contributed by atoms with van der Waals surface area (Å²) in [6.45, 7) is 3.34. The minimum absolute atomic E-state index is 0.153. The molecule has 4 nitrogen and oxygen atoms in total. The third-order valence-corrected chi connectivity index (χ3v) is 2.43. The molecular formula is C12H18N2O2. The molecule has 3 N–H and O–H groups in total. The molecule has 0 saturated carbocycles. The predicted octanol–water partition coefficient (Wildman–Crippen LogP) is 0.910. The van der Waals surface area contributed by atoms with Gasteiger partial charge in [0.1, 0.15) is 0 Å². The summed E-state index contributed by atoms with van der Waals surface area (Å²) in [6.07, 6.45) is 0.153. The first-order valence-corrected chi connectivity index (χ1v) is 5.26. The van der Waals surface area contributed by atoms with Gasteiger partial charge in [0.05, 0.1) is 6.10 Å². The topological polar surface area (TPSA) is 64.3 Å². The largest absolute Gasteiger partial charge is 0.380 e. The number of methoxy groups -OCH3 is 1. The molecule has 0 aliphatic rings. The Balaban J connectivity index is 2.56. The fraction of sp³-hybridized carbons (Fsp3) is 0.417. The van der Waals surface area contributed by atoms with Gasteiger partial charge >= 0.3 is 0 Å². The summed E-state index contributed by atoms with van der Waals surface area (Å²) < 4.78 is 5.11. The molecule has 1 unspecified atom stereocenters. The van der Waals surface area contributed by atoms with E-state index in [2.05, 4.69) is 5.32 Å². The van der Waals surface area contributed by atoms with Crippen LogP contribution < -0.4 is 11.1 Å². The molecule has 0 heterocycles. The summed E-state index contributed by atoms with van der Waals surface area (Å²) in [4.78, 5) is 11.1. The second-order valence-electron chi connectivity index (χ2n) is 3.70. The van der Waals surface area contributed by atoms with Crippen LogP contribution in [0, 0.1) is 0 Å². The Labute approximate surface area is 95.8 Å². The molecule has 0 aromatic heterocycles. The van der Waals surface area contributed by atoms with Gasteiger partial charge in [-0.15, -0.1) is 0 Å². The zero-order chi connectivity index (χ0) is 12.0. The third kappa shape index (κ3) is 3.64. The monoisotopic (exact) mass is 222 g/mol. The van der Waals surface area contributed by atoms with Crippen molar-refractivity contribution in [1.82, 2.24) is 5.32 Å². The standard InChI is InChI=1S/C12H18N2O2/c1-9(16-2)7-14-8-10-5-3-4-6-11(10)12(13)15/h3-6,9,14H,7-8H2,1-2H3,(H2,13,15). The first-order chi connectivity index (χ1) is 7.65. The van der Waals surface area contributed by atoms with Crippen LogP contribution in [0.1, 0.15) is 22.8 Å². The fourth-order valence-electron chi connectivity index (χ4n) is 1.41. The lowest BCUT2D eigenvalue weighted by atomic mass is 10.1. The molecule has 4 heteroatoms. The molecule has 0 aliphatic heterocycles. The van der Waals surface area contributed by atoms with E-state index in [-0.39, 0.29) is 6.10 Å². The molecule has 16 heavy (non-hydrogen) atoms. The van der Waals surface area contributed by atoms with Gasteiger partial charge in [0, 0.05) is 25.8 Å². The lowest BCUT2D eigenvalue weighted by Gasteiger charge is -2.12. The highest BCUT2D eigenvalue weighted by molar-refractivity contribution is 5.94. The summed E-state index contributed by atoms with van der Waals surface area (Å²) in [6, 6.07) is 7.33. The van der Waals surface area contributed by atoms with Gasteiger partial charge in [-0.25, -0.2) is 0 Å². The molecule has 1 atom stereocenters. The van der Waals surface area contributed by atoms with Gasteiger partial charge in [0.15, 0.2) is 0 Å². The van der Waals surface area contributed by atoms with Gasteiger partial charge in [-0.3, -0.25) is 4.79 Å². The minimum Gasteiger partial charge on any atom is -0.380 e. The Morgan fingerprint density at radius 2 is 2.19 bits per heavy atom. The maximum absolute atomic E-state index is 11.1. The molecule has 1 amide bonds. The number of rotatable bonds is 6. The van der Waals surface area contributed by atoms with Crippen LogP contribution in [0.15, 0.2) is 24.3 Å². The highest BCUT2D eigenvalue weighted by atomic mass is 16.5. The van der Waals surface area contributed by atoms with Crippen molar-refractivity contribution in [2.75, 3.05) is 13.7 Å². The summed E-state index contributed by atoms with van der Waals surface area (Å²) in [7, 11) is 1.67. The van der Waals surface area contributed by atoms with E-state index < -0.39 is 5.91 Å². The van der Waals surface area contributed by atoms with E-state index in [1.54, 1.807) is 19.2 Å². The molecule has 1 aromatic rings. The van der Waals surface area contributed by atoms with Gasteiger partial charge in [0.2, 0.25) is 5.91 Å². The second-order valence-corrected chi connectivity index (χ2v) is 3.70. The summed E-state index contributed by atoms with van der Waals surface area (Å²) >= 11 is 0. The highest BCUT2D eigenvalue weighted by Gasteiger charge is 2.06. The first-order valence-electron chi connectivity index (χ1n) is 5.26. The normalized spacial score (nSPS) is 12.4. The van der Waals surface area contributed by atoms with Crippen LogP contribution in [-0.4, -0.2) is 25.7 Å². The molecule has 0 bridgehead atoms. The number of benzene rings is 1. The molecule has 1 aromatic carbocycles. The molecule has 0 aliphatic carbocycles. The highest BCUT2D eigenvalue weighted by Crippen LogP contribution is 2.07. The molecule has 88 valence electrons. The number of ether oxygens (including phenoxy) is 1. The maximum atomic E-state index is 11.1. The number of amides is 1. The molecule has 0 fully saturated rings. The number of hydrogen-bond acceptors (Lipinski definition) is 3. The van der Waals surface area contributed by atoms with Crippen molar-refractivity contribution >= 4 is 5.91 Å². The van der Waals surface area contributed by atoms with Crippen molar-refractivity contribution in [3.05, 3.63) is 35.4 Å². The van der Waals surface area contributed by atoms with Gasteiger partial charge < -0.3 is 15.8 Å². The Hall–Kier alpha value is -1.39. The van der Waals surface area contributed by atoms with Crippen LogP contribution in [0.2, 0.25) is 0 Å². The van der Waals surface area contributed by atoms with Gasteiger partial charge in [0.25, 0.3) is 0 Å².